The second kappa shape index (κ2) is 22.8. The first-order valence-electron chi connectivity index (χ1n) is 27.5. The van der Waals surface area contributed by atoms with Crippen molar-refractivity contribution in [2.45, 2.75) is 27.7 Å². The van der Waals surface area contributed by atoms with Gasteiger partial charge in [-0.25, -0.2) is 0 Å². The lowest BCUT2D eigenvalue weighted by molar-refractivity contribution is 1.26. The van der Waals surface area contributed by atoms with E-state index in [1.165, 1.54) is 22.3 Å². The highest BCUT2D eigenvalue weighted by Gasteiger charge is 2.20. The van der Waals surface area contributed by atoms with Crippen molar-refractivity contribution in [1.29, 1.82) is 0 Å². The maximum absolute atomic E-state index is 2.37. The molecule has 12 aromatic rings. The van der Waals surface area contributed by atoms with Crippen LogP contribution < -0.4 is 19.6 Å². The van der Waals surface area contributed by atoms with Crippen LogP contribution in [0.1, 0.15) is 22.3 Å². The summed E-state index contributed by atoms with van der Waals surface area (Å²) in [5, 5.41) is 0. The molecule has 0 spiro atoms. The molecule has 0 atom stereocenters. The van der Waals surface area contributed by atoms with E-state index >= 15 is 0 Å². The third kappa shape index (κ3) is 11.0. The van der Waals surface area contributed by atoms with Crippen molar-refractivity contribution in [2.75, 3.05) is 19.6 Å². The highest BCUT2D eigenvalue weighted by molar-refractivity contribution is 5.88. The standard InChI is InChI=1S/C76H62N4/c1-55-21-11-35-67(45-55)79(68-36-12-22-56(2)46-68)75-43-19-29-63(53-75)61-27-17-41-73(51-61)77(65-31-7-5-8-32-65)71-39-15-25-59(49-71)60-26-16-40-72(50-60)78(66-33-9-6-10-34-66)74-42-18-28-62(52-74)64-30-20-44-76(54-64)80(69-37-13-23-57(3)47-69)70-38-14-24-58(4)48-70/h5-54H,1-4H3. The molecular formula is C76H62N4. The zero-order valence-electron chi connectivity index (χ0n) is 45.7. The summed E-state index contributed by atoms with van der Waals surface area (Å²) in [6, 6.07) is 110. The molecular weight excluding hydrogens is 969 g/mol. The number of nitrogens with zero attached hydrogens (tertiary/aromatic N) is 4. The SMILES string of the molecule is Cc1cccc(N(c2cccc(C)c2)c2cccc(-c3cccc(N(c4ccccc4)c4cccc(-c5cccc(N(c6ccccc6)c6cccc(-c7cccc(N(c8cccc(C)c8)c8cccc(C)c8)c7)c6)c5)c4)c3)c2)c1. The third-order valence-corrected chi connectivity index (χ3v) is 14.7. The summed E-state index contributed by atoms with van der Waals surface area (Å²) in [5.74, 6) is 0. The van der Waals surface area contributed by atoms with Crippen LogP contribution in [0.15, 0.2) is 303 Å². The summed E-state index contributed by atoms with van der Waals surface area (Å²) in [5.41, 5.74) is 24.8. The van der Waals surface area contributed by atoms with Crippen molar-refractivity contribution in [3.8, 4) is 33.4 Å². The first-order chi connectivity index (χ1) is 39.3. The number of para-hydroxylation sites is 2. The van der Waals surface area contributed by atoms with E-state index in [9.17, 15) is 0 Å². The summed E-state index contributed by atoms with van der Waals surface area (Å²) in [6.45, 7) is 8.61. The number of benzene rings is 12. The first-order valence-corrected chi connectivity index (χ1v) is 27.5. The van der Waals surface area contributed by atoms with Crippen LogP contribution in [0.2, 0.25) is 0 Å². The Balaban J connectivity index is 0.890. The van der Waals surface area contributed by atoms with Gasteiger partial charge in [0.15, 0.2) is 0 Å². The van der Waals surface area contributed by atoms with E-state index in [4.69, 9.17) is 0 Å². The number of rotatable bonds is 15. The molecule has 0 saturated carbocycles. The van der Waals surface area contributed by atoms with E-state index in [1.54, 1.807) is 0 Å². The van der Waals surface area contributed by atoms with Gasteiger partial charge in [0.05, 0.1) is 0 Å². The van der Waals surface area contributed by atoms with Crippen LogP contribution in [0.4, 0.5) is 68.2 Å². The quantitative estimate of drug-likeness (QED) is 0.101. The zero-order chi connectivity index (χ0) is 54.4. The highest BCUT2D eigenvalue weighted by atomic mass is 15.2. The van der Waals surface area contributed by atoms with Gasteiger partial charge in [-0.3, -0.25) is 0 Å². The molecule has 0 saturated heterocycles. The minimum atomic E-state index is 1.06. The fraction of sp³-hybridized carbons (Fsp3) is 0.0526. The topological polar surface area (TPSA) is 13.0 Å². The van der Waals surface area contributed by atoms with Gasteiger partial charge in [0.1, 0.15) is 0 Å². The van der Waals surface area contributed by atoms with Crippen LogP contribution in [-0.4, -0.2) is 0 Å². The van der Waals surface area contributed by atoms with E-state index in [-0.39, 0.29) is 0 Å². The molecule has 0 bridgehead atoms. The van der Waals surface area contributed by atoms with Crippen LogP contribution in [0.25, 0.3) is 33.4 Å². The minimum Gasteiger partial charge on any atom is -0.310 e. The molecule has 0 aliphatic rings. The summed E-state index contributed by atoms with van der Waals surface area (Å²) in [6.07, 6.45) is 0. The van der Waals surface area contributed by atoms with E-state index < -0.39 is 0 Å². The predicted octanol–water partition coefficient (Wildman–Crippen LogP) is 21.8. The van der Waals surface area contributed by atoms with Gasteiger partial charge < -0.3 is 19.6 Å². The molecule has 386 valence electrons. The molecule has 0 radical (unpaired) electrons. The lowest BCUT2D eigenvalue weighted by Gasteiger charge is -2.28. The van der Waals surface area contributed by atoms with Crippen LogP contribution in [0.5, 0.6) is 0 Å². The Morgan fingerprint density at radius 2 is 0.312 bits per heavy atom. The van der Waals surface area contributed by atoms with E-state index in [0.717, 1.165) is 102 Å². The number of anilines is 12. The number of hydrogen-bond acceptors (Lipinski definition) is 4. The minimum absolute atomic E-state index is 1.06. The third-order valence-electron chi connectivity index (χ3n) is 14.7. The smallest absolute Gasteiger partial charge is 0.0467 e. The van der Waals surface area contributed by atoms with E-state index in [1.807, 2.05) is 0 Å². The second-order valence-corrected chi connectivity index (χ2v) is 20.7. The Hall–Kier alpha value is -10.2. The number of aryl methyl sites for hydroxylation is 4. The molecule has 0 aliphatic heterocycles. The summed E-state index contributed by atoms with van der Waals surface area (Å²) in [4.78, 5) is 9.44. The van der Waals surface area contributed by atoms with Gasteiger partial charge in [0.25, 0.3) is 0 Å². The monoisotopic (exact) mass is 1030 g/mol. The average molecular weight is 1030 g/mol. The van der Waals surface area contributed by atoms with Gasteiger partial charge >= 0.3 is 0 Å². The van der Waals surface area contributed by atoms with Crippen molar-refractivity contribution in [3.05, 3.63) is 326 Å². The molecule has 0 heterocycles. The molecule has 4 heteroatoms. The Bertz CT molecular complexity index is 3750. The average Bonchev–Trinajstić information content (AvgIpc) is 3.50. The maximum Gasteiger partial charge on any atom is 0.0467 e. The van der Waals surface area contributed by atoms with E-state index in [0.29, 0.717) is 0 Å². The van der Waals surface area contributed by atoms with Gasteiger partial charge in [0, 0.05) is 68.2 Å². The summed E-state index contributed by atoms with van der Waals surface area (Å²) < 4.78 is 0. The van der Waals surface area contributed by atoms with Gasteiger partial charge in [-0.15, -0.1) is 0 Å². The zero-order valence-corrected chi connectivity index (χ0v) is 45.7. The largest absolute Gasteiger partial charge is 0.310 e. The lowest BCUT2D eigenvalue weighted by Crippen LogP contribution is -2.11. The Morgan fingerprint density at radius 1 is 0.150 bits per heavy atom. The molecule has 0 amide bonds. The first kappa shape index (κ1) is 50.6. The fourth-order valence-electron chi connectivity index (χ4n) is 11.0. The molecule has 0 aliphatic carbocycles. The molecule has 0 unspecified atom stereocenters. The Morgan fingerprint density at radius 3 is 0.512 bits per heavy atom. The molecule has 80 heavy (non-hydrogen) atoms. The van der Waals surface area contributed by atoms with Crippen LogP contribution in [0.3, 0.4) is 0 Å². The molecule has 12 rings (SSSR count). The van der Waals surface area contributed by atoms with Crippen molar-refractivity contribution in [2.24, 2.45) is 0 Å². The van der Waals surface area contributed by atoms with Crippen molar-refractivity contribution >= 4 is 68.2 Å². The summed E-state index contributed by atoms with van der Waals surface area (Å²) in [7, 11) is 0. The normalized spacial score (nSPS) is 11.0. The Kier molecular flexibility index (Phi) is 14.4. The lowest BCUT2D eigenvalue weighted by atomic mass is 10.0. The molecule has 12 aromatic carbocycles. The van der Waals surface area contributed by atoms with Gasteiger partial charge in [0.2, 0.25) is 0 Å². The van der Waals surface area contributed by atoms with Gasteiger partial charge in [-0.2, -0.15) is 0 Å². The van der Waals surface area contributed by atoms with Gasteiger partial charge in [-0.05, 0) is 229 Å². The predicted molar refractivity (Wildman–Crippen MR) is 340 cm³/mol. The van der Waals surface area contributed by atoms with Crippen molar-refractivity contribution in [3.63, 3.8) is 0 Å². The maximum atomic E-state index is 2.37. The molecule has 0 aromatic heterocycles. The molecule has 0 N–H and O–H groups in total. The molecule has 0 fully saturated rings. The van der Waals surface area contributed by atoms with Crippen LogP contribution in [0, 0.1) is 27.7 Å². The second-order valence-electron chi connectivity index (χ2n) is 20.7. The fourth-order valence-corrected chi connectivity index (χ4v) is 11.0. The van der Waals surface area contributed by atoms with Gasteiger partial charge in [-0.1, -0.05) is 158 Å². The Labute approximate surface area is 472 Å². The van der Waals surface area contributed by atoms with Crippen molar-refractivity contribution in [1.82, 2.24) is 0 Å². The van der Waals surface area contributed by atoms with Crippen LogP contribution >= 0.6 is 0 Å². The molecule has 4 nitrogen and oxygen atoms in total. The van der Waals surface area contributed by atoms with Crippen LogP contribution in [-0.2, 0) is 0 Å². The van der Waals surface area contributed by atoms with E-state index in [2.05, 4.69) is 351 Å². The summed E-state index contributed by atoms with van der Waals surface area (Å²) >= 11 is 0. The number of hydrogen-bond donors (Lipinski definition) is 0. The highest BCUT2D eigenvalue weighted by Crippen LogP contribution is 2.44. The van der Waals surface area contributed by atoms with Crippen molar-refractivity contribution < 1.29 is 0 Å².